The van der Waals surface area contributed by atoms with E-state index < -0.39 is 19.4 Å². The Hall–Kier alpha value is -1.88. The molecule has 0 saturated carbocycles. The van der Waals surface area contributed by atoms with E-state index in [1.807, 2.05) is 0 Å². The van der Waals surface area contributed by atoms with Crippen LogP contribution in [0, 0.1) is 0 Å². The largest absolute Gasteiger partial charge is 0.452 e. The van der Waals surface area contributed by atoms with Gasteiger partial charge in [-0.15, -0.1) is 0 Å². The third-order valence-corrected chi connectivity index (χ3v) is 5.14. The second-order valence-electron chi connectivity index (χ2n) is 5.56. The van der Waals surface area contributed by atoms with E-state index in [0.717, 1.165) is 0 Å². The Bertz CT molecular complexity index is 712. The van der Waals surface area contributed by atoms with Crippen molar-refractivity contribution < 1.29 is 27.9 Å². The molecule has 1 aliphatic rings. The van der Waals surface area contributed by atoms with Crippen LogP contribution in [0.15, 0.2) is 36.4 Å². The van der Waals surface area contributed by atoms with Crippen molar-refractivity contribution in [1.29, 1.82) is 0 Å². The number of rotatable bonds is 6. The van der Waals surface area contributed by atoms with Crippen molar-refractivity contribution in [2.75, 3.05) is 20.4 Å². The van der Waals surface area contributed by atoms with Crippen molar-refractivity contribution in [3.8, 4) is 5.75 Å². The molecule has 7 heteroatoms. The van der Waals surface area contributed by atoms with Gasteiger partial charge in [0.2, 0.25) is 5.79 Å². The Morgan fingerprint density at radius 3 is 2.54 bits per heavy atom. The second-order valence-corrected chi connectivity index (χ2v) is 7.87. The van der Waals surface area contributed by atoms with Gasteiger partial charge in [0.15, 0.2) is 0 Å². The predicted molar refractivity (Wildman–Crippen MR) is 91.2 cm³/mol. The molecule has 0 spiro atoms. The average molecular weight is 352 g/mol. The maximum Gasteiger partial charge on any atom is 0.345 e. The van der Waals surface area contributed by atoms with Gasteiger partial charge in [0.25, 0.3) is 0 Å². The lowest BCUT2D eigenvalue weighted by molar-refractivity contribution is -0.127. The summed E-state index contributed by atoms with van der Waals surface area (Å²) in [5.41, 5.74) is 1.07. The molecule has 2 rings (SSSR count). The molecule has 0 radical (unpaired) electrons. The molecule has 0 saturated heterocycles. The van der Waals surface area contributed by atoms with Crippen LogP contribution in [-0.4, -0.2) is 32.1 Å². The molecular weight excluding hydrogens is 331 g/mol. The van der Waals surface area contributed by atoms with E-state index >= 15 is 0 Å². The molecule has 24 heavy (non-hydrogen) atoms. The van der Waals surface area contributed by atoms with Crippen LogP contribution in [0.5, 0.6) is 5.75 Å². The minimum absolute atomic E-state index is 0.163. The lowest BCUT2D eigenvalue weighted by atomic mass is 10.0. The zero-order valence-electron chi connectivity index (χ0n) is 14.1. The minimum atomic E-state index is -3.05. The monoisotopic (exact) mass is 352 g/mol. The van der Waals surface area contributed by atoms with Crippen molar-refractivity contribution >= 4 is 19.6 Å². The predicted octanol–water partition coefficient (Wildman–Crippen LogP) is 4.03. The number of carbonyl (C=O) groups is 1. The lowest BCUT2D eigenvalue weighted by Gasteiger charge is -2.32. The van der Waals surface area contributed by atoms with Gasteiger partial charge < -0.3 is 18.5 Å². The molecular formula is C17H21O6P. The normalized spacial score (nSPS) is 16.9. The number of fused-ring (bicyclic) bond motifs is 1. The zero-order valence-corrected chi connectivity index (χ0v) is 15.0. The van der Waals surface area contributed by atoms with Gasteiger partial charge in [0.05, 0.1) is 6.16 Å². The molecule has 0 fully saturated rings. The Morgan fingerprint density at radius 2 is 1.88 bits per heavy atom. The first kappa shape index (κ1) is 18.5. The molecule has 1 aromatic carbocycles. The van der Waals surface area contributed by atoms with Crippen molar-refractivity contribution in [2.45, 2.75) is 19.6 Å². The maximum atomic E-state index is 12.2. The standard InChI is InChI=1S/C17H21O6P/c1-17(2)22-14-11-8-10-13(15(14)16(18)23-17)9-6-5-7-12-24(19,20-3)21-4/h5-11H,12H2,1-4H3/b7-5+,9-6+. The topological polar surface area (TPSA) is 71.1 Å². The fourth-order valence-corrected chi connectivity index (χ4v) is 3.03. The number of hydrogen-bond acceptors (Lipinski definition) is 6. The van der Waals surface area contributed by atoms with Gasteiger partial charge >= 0.3 is 13.6 Å². The van der Waals surface area contributed by atoms with Crippen LogP contribution in [0.25, 0.3) is 6.08 Å². The molecule has 0 unspecified atom stereocenters. The van der Waals surface area contributed by atoms with Gasteiger partial charge in [-0.2, -0.15) is 0 Å². The highest BCUT2D eigenvalue weighted by Crippen LogP contribution is 2.46. The summed E-state index contributed by atoms with van der Waals surface area (Å²) in [7, 11) is -0.362. The van der Waals surface area contributed by atoms with Crippen LogP contribution < -0.4 is 4.74 Å². The van der Waals surface area contributed by atoms with E-state index in [9.17, 15) is 9.36 Å². The van der Waals surface area contributed by atoms with Crippen molar-refractivity contribution in [1.82, 2.24) is 0 Å². The van der Waals surface area contributed by atoms with Gasteiger partial charge in [-0.3, -0.25) is 4.57 Å². The smallest absolute Gasteiger partial charge is 0.345 e. The summed E-state index contributed by atoms with van der Waals surface area (Å²) in [5.74, 6) is -0.910. The van der Waals surface area contributed by atoms with E-state index in [4.69, 9.17) is 18.5 Å². The SMILES string of the molecule is COP(=O)(C/C=C/C=C/c1cccc2c1C(=O)OC(C)(C)O2)OC. The molecule has 0 bridgehead atoms. The van der Waals surface area contributed by atoms with E-state index in [1.54, 1.807) is 56.4 Å². The Balaban J connectivity index is 2.15. The third-order valence-electron chi connectivity index (χ3n) is 3.37. The van der Waals surface area contributed by atoms with Gasteiger partial charge in [-0.25, -0.2) is 4.79 Å². The minimum Gasteiger partial charge on any atom is -0.452 e. The number of esters is 1. The van der Waals surface area contributed by atoms with Crippen LogP contribution in [0.3, 0.4) is 0 Å². The molecule has 0 aliphatic carbocycles. The Kier molecular flexibility index (Phi) is 5.65. The summed E-state index contributed by atoms with van der Waals surface area (Å²) in [4.78, 5) is 12.2. The highest BCUT2D eigenvalue weighted by Gasteiger charge is 2.34. The van der Waals surface area contributed by atoms with E-state index in [2.05, 4.69) is 0 Å². The lowest BCUT2D eigenvalue weighted by Crippen LogP contribution is -2.39. The Labute approximate surface area is 141 Å². The van der Waals surface area contributed by atoms with Crippen LogP contribution >= 0.6 is 7.60 Å². The van der Waals surface area contributed by atoms with E-state index in [-0.39, 0.29) is 6.16 Å². The highest BCUT2D eigenvalue weighted by molar-refractivity contribution is 7.54. The number of allylic oxidation sites excluding steroid dienone is 3. The molecule has 0 amide bonds. The first-order valence-corrected chi connectivity index (χ1v) is 9.12. The molecule has 0 atom stereocenters. The third kappa shape index (κ3) is 4.35. The van der Waals surface area contributed by atoms with Gasteiger partial charge in [-0.1, -0.05) is 36.4 Å². The van der Waals surface area contributed by atoms with Crippen LogP contribution in [0.4, 0.5) is 0 Å². The number of benzene rings is 1. The quantitative estimate of drug-likeness (QED) is 0.437. The van der Waals surface area contributed by atoms with E-state index in [1.165, 1.54) is 14.2 Å². The van der Waals surface area contributed by atoms with Gasteiger partial charge in [0, 0.05) is 28.1 Å². The number of hydrogen-bond donors (Lipinski definition) is 0. The van der Waals surface area contributed by atoms with Crippen molar-refractivity contribution in [3.63, 3.8) is 0 Å². The first-order chi connectivity index (χ1) is 11.3. The van der Waals surface area contributed by atoms with Gasteiger partial charge in [-0.05, 0) is 11.6 Å². The van der Waals surface area contributed by atoms with Crippen LogP contribution in [0.1, 0.15) is 29.8 Å². The van der Waals surface area contributed by atoms with Gasteiger partial charge in [0.1, 0.15) is 11.3 Å². The number of carbonyl (C=O) groups excluding carboxylic acids is 1. The van der Waals surface area contributed by atoms with Crippen LogP contribution in [0.2, 0.25) is 0 Å². The van der Waals surface area contributed by atoms with E-state index in [0.29, 0.717) is 16.9 Å². The maximum absolute atomic E-state index is 12.2. The van der Waals surface area contributed by atoms with Crippen LogP contribution in [-0.2, 0) is 18.3 Å². The first-order valence-electron chi connectivity index (χ1n) is 7.39. The molecule has 1 heterocycles. The zero-order chi connectivity index (χ0) is 17.8. The fraction of sp³-hybridized carbons (Fsp3) is 0.353. The molecule has 1 aromatic rings. The van der Waals surface area contributed by atoms with Crippen molar-refractivity contribution in [3.05, 3.63) is 47.6 Å². The Morgan fingerprint density at radius 1 is 1.17 bits per heavy atom. The summed E-state index contributed by atoms with van der Waals surface area (Å²) in [6, 6.07) is 5.33. The fourth-order valence-electron chi connectivity index (χ4n) is 2.20. The summed E-state index contributed by atoms with van der Waals surface area (Å²) in [5, 5.41) is 0. The summed E-state index contributed by atoms with van der Waals surface area (Å²) in [6.45, 7) is 3.37. The molecule has 0 aromatic heterocycles. The highest BCUT2D eigenvalue weighted by atomic mass is 31.2. The molecule has 0 N–H and O–H groups in total. The second kappa shape index (κ2) is 7.34. The summed E-state index contributed by atoms with van der Waals surface area (Å²) >= 11 is 0. The molecule has 6 nitrogen and oxygen atoms in total. The summed E-state index contributed by atoms with van der Waals surface area (Å²) in [6.07, 6.45) is 7.04. The van der Waals surface area contributed by atoms with Crippen molar-refractivity contribution in [2.24, 2.45) is 0 Å². The summed E-state index contributed by atoms with van der Waals surface area (Å²) < 4.78 is 32.5. The average Bonchev–Trinajstić information content (AvgIpc) is 2.52. The number of ether oxygens (including phenoxy) is 2. The molecule has 1 aliphatic heterocycles. The molecule has 130 valence electrons. The number of cyclic esters (lactones) is 1.